The summed E-state index contributed by atoms with van der Waals surface area (Å²) in [7, 11) is 0.315. The quantitative estimate of drug-likeness (QED) is 0.490. The van der Waals surface area contributed by atoms with Gasteiger partial charge >= 0.3 is 13.1 Å². The van der Waals surface area contributed by atoms with E-state index in [1.807, 2.05) is 27.7 Å². The van der Waals surface area contributed by atoms with Crippen LogP contribution in [0.4, 0.5) is 4.39 Å². The molecule has 3 rings (SSSR count). The number of methoxy groups -OCH3 is 1. The van der Waals surface area contributed by atoms with Gasteiger partial charge in [0.05, 0.1) is 37.7 Å². The smallest absolute Gasteiger partial charge is 0.496 e. The number of allylic oxidation sites excluding steroid dienone is 1. The van der Waals surface area contributed by atoms with Gasteiger partial charge in [0.25, 0.3) is 0 Å². The molecular weight excluding hydrogens is 404 g/mol. The van der Waals surface area contributed by atoms with Crippen LogP contribution in [0, 0.1) is 0 Å². The maximum Gasteiger partial charge on any atom is 0.525 e. The molecule has 1 aromatic heterocycles. The Bertz CT molecular complexity index is 973. The Morgan fingerprint density at radius 3 is 2.45 bits per heavy atom. The number of hydrogen-bond acceptors (Lipinski definition) is 7. The number of benzene rings is 1. The fourth-order valence-corrected chi connectivity index (χ4v) is 3.11. The zero-order valence-electron chi connectivity index (χ0n) is 18.6. The van der Waals surface area contributed by atoms with Crippen molar-refractivity contribution in [1.82, 2.24) is 15.0 Å². The molecule has 1 aliphatic rings. The molecule has 0 spiro atoms. The number of hydrogen-bond donors (Lipinski definition) is 0. The number of halogens is 1. The van der Waals surface area contributed by atoms with E-state index in [1.165, 1.54) is 18.0 Å². The molecule has 8 nitrogen and oxygen atoms in total. The average molecular weight is 431 g/mol. The molecule has 0 atom stereocenters. The summed E-state index contributed by atoms with van der Waals surface area (Å²) in [5, 5.41) is 7.78. The molecule has 0 radical (unpaired) electrons. The molecule has 0 aliphatic carbocycles. The van der Waals surface area contributed by atoms with Gasteiger partial charge in [0, 0.05) is 11.1 Å². The minimum atomic E-state index is -1.20. The Morgan fingerprint density at radius 2 is 1.84 bits per heavy atom. The number of ether oxygens (including phenoxy) is 2. The number of carbonyl (C=O) groups excluding carboxylic acids is 1. The highest BCUT2D eigenvalue weighted by Crippen LogP contribution is 2.41. The zero-order chi connectivity index (χ0) is 22.8. The Balaban J connectivity index is 2.02. The van der Waals surface area contributed by atoms with E-state index in [9.17, 15) is 4.79 Å². The van der Waals surface area contributed by atoms with Crippen LogP contribution in [0.2, 0.25) is 0 Å². The van der Waals surface area contributed by atoms with Gasteiger partial charge in [-0.15, -0.1) is 5.10 Å². The minimum Gasteiger partial charge on any atom is -0.496 e. The lowest BCUT2D eigenvalue weighted by molar-refractivity contribution is 0.00578. The van der Waals surface area contributed by atoms with Gasteiger partial charge in [0.1, 0.15) is 11.5 Å². The molecule has 0 N–H and O–H groups in total. The largest absolute Gasteiger partial charge is 0.525 e. The standard InChI is InChI=1S/C21H27BFN3O5/c1-7-29-19(27)16-13-26(25-24-16)12-15(14-10-8-9-11-17(14)28-6)18(23)22-30-20(2,3)21(4,5)31-22/h8-11,13H,7,12H2,1-6H3. The number of aromatic nitrogens is 3. The van der Waals surface area contributed by atoms with E-state index in [1.54, 1.807) is 31.2 Å². The van der Waals surface area contributed by atoms with Crippen molar-refractivity contribution in [2.45, 2.75) is 52.4 Å². The van der Waals surface area contributed by atoms with Crippen LogP contribution in [-0.4, -0.2) is 53.0 Å². The van der Waals surface area contributed by atoms with E-state index >= 15 is 4.39 Å². The molecule has 10 heteroatoms. The second-order valence-electron chi connectivity index (χ2n) is 8.14. The predicted octanol–water partition coefficient (Wildman–Crippen LogP) is 3.48. The highest BCUT2D eigenvalue weighted by molar-refractivity contribution is 6.55. The lowest BCUT2D eigenvalue weighted by Crippen LogP contribution is -2.41. The number of para-hydroxylation sites is 1. The summed E-state index contributed by atoms with van der Waals surface area (Å²) in [6.45, 7) is 9.30. The molecule has 166 valence electrons. The zero-order valence-corrected chi connectivity index (χ0v) is 18.6. The Morgan fingerprint density at radius 1 is 1.19 bits per heavy atom. The summed E-state index contributed by atoms with van der Waals surface area (Å²) in [5.41, 5.74) is -1.20. The first-order valence-corrected chi connectivity index (χ1v) is 10.0. The van der Waals surface area contributed by atoms with Crippen LogP contribution in [0.15, 0.2) is 36.2 Å². The van der Waals surface area contributed by atoms with E-state index in [4.69, 9.17) is 18.8 Å². The lowest BCUT2D eigenvalue weighted by atomic mass is 9.82. The lowest BCUT2D eigenvalue weighted by Gasteiger charge is -2.32. The highest BCUT2D eigenvalue weighted by atomic mass is 19.1. The third kappa shape index (κ3) is 4.64. The monoisotopic (exact) mass is 431 g/mol. The highest BCUT2D eigenvalue weighted by Gasteiger charge is 2.53. The van der Waals surface area contributed by atoms with Gasteiger partial charge in [-0.3, -0.25) is 0 Å². The summed E-state index contributed by atoms with van der Waals surface area (Å²) >= 11 is 0. The molecule has 1 aromatic carbocycles. The topological polar surface area (TPSA) is 84.7 Å². The summed E-state index contributed by atoms with van der Waals surface area (Å²) in [5.74, 6) is -0.113. The maximum absolute atomic E-state index is 15.9. The van der Waals surface area contributed by atoms with Crippen LogP contribution >= 0.6 is 0 Å². The minimum absolute atomic E-state index is 0.0251. The van der Waals surface area contributed by atoms with Crippen molar-refractivity contribution in [3.05, 3.63) is 47.4 Å². The van der Waals surface area contributed by atoms with Crippen molar-refractivity contribution in [3.63, 3.8) is 0 Å². The van der Waals surface area contributed by atoms with Crippen molar-refractivity contribution in [2.75, 3.05) is 13.7 Å². The first kappa shape index (κ1) is 23.0. The van der Waals surface area contributed by atoms with Crippen molar-refractivity contribution < 1.29 is 28.0 Å². The Hall–Kier alpha value is -2.72. The van der Waals surface area contributed by atoms with Gasteiger partial charge in [0.15, 0.2) is 5.69 Å². The van der Waals surface area contributed by atoms with Crippen molar-refractivity contribution in [1.29, 1.82) is 0 Å². The van der Waals surface area contributed by atoms with Gasteiger partial charge in [0.2, 0.25) is 0 Å². The molecule has 1 fully saturated rings. The molecular formula is C21H27BFN3O5. The second-order valence-corrected chi connectivity index (χ2v) is 8.14. The molecule has 0 saturated carbocycles. The van der Waals surface area contributed by atoms with E-state index in [-0.39, 0.29) is 24.4 Å². The van der Waals surface area contributed by atoms with Crippen LogP contribution in [0.3, 0.4) is 0 Å². The molecule has 1 saturated heterocycles. The van der Waals surface area contributed by atoms with Gasteiger partial charge in [-0.05, 0) is 40.7 Å². The van der Waals surface area contributed by atoms with Crippen LogP contribution in [0.5, 0.6) is 5.75 Å². The number of esters is 1. The second kappa shape index (κ2) is 8.80. The van der Waals surface area contributed by atoms with E-state index in [2.05, 4.69) is 10.3 Å². The molecule has 0 bridgehead atoms. The first-order chi connectivity index (χ1) is 14.6. The molecule has 0 unspecified atom stereocenters. The van der Waals surface area contributed by atoms with E-state index < -0.39 is 30.0 Å². The number of carbonyl (C=O) groups is 1. The molecule has 2 heterocycles. The fraction of sp³-hybridized carbons (Fsp3) is 0.476. The van der Waals surface area contributed by atoms with Crippen LogP contribution in [0.1, 0.15) is 50.7 Å². The summed E-state index contributed by atoms with van der Waals surface area (Å²) in [4.78, 5) is 11.9. The third-order valence-electron chi connectivity index (χ3n) is 5.52. The number of rotatable bonds is 7. The SMILES string of the molecule is CCOC(=O)c1cn(CC(=C(F)B2OC(C)(C)C(C)(C)O2)c2ccccc2OC)nn1. The van der Waals surface area contributed by atoms with Gasteiger partial charge in [-0.2, -0.15) is 0 Å². The number of nitrogens with zero attached hydrogens (tertiary/aromatic N) is 3. The normalized spacial score (nSPS) is 18.0. The fourth-order valence-electron chi connectivity index (χ4n) is 3.11. The summed E-state index contributed by atoms with van der Waals surface area (Å²) in [6.07, 6.45) is 1.41. The molecule has 1 aliphatic heterocycles. The van der Waals surface area contributed by atoms with Crippen molar-refractivity contribution in [2.24, 2.45) is 0 Å². The average Bonchev–Trinajstić information content (AvgIpc) is 3.27. The van der Waals surface area contributed by atoms with Crippen LogP contribution < -0.4 is 4.74 Å². The summed E-state index contributed by atoms with van der Waals surface area (Å²) < 4.78 is 39.4. The van der Waals surface area contributed by atoms with Gasteiger partial charge in [-0.25, -0.2) is 13.9 Å². The maximum atomic E-state index is 15.9. The first-order valence-electron chi connectivity index (χ1n) is 10.0. The summed E-state index contributed by atoms with van der Waals surface area (Å²) in [6, 6.07) is 7.04. The van der Waals surface area contributed by atoms with E-state index in [0.29, 0.717) is 11.3 Å². The van der Waals surface area contributed by atoms with Crippen LogP contribution in [-0.2, 0) is 20.6 Å². The van der Waals surface area contributed by atoms with Crippen molar-refractivity contribution >= 4 is 18.7 Å². The molecule has 0 amide bonds. The Labute approximate surface area is 181 Å². The van der Waals surface area contributed by atoms with E-state index in [0.717, 1.165) is 0 Å². The third-order valence-corrected chi connectivity index (χ3v) is 5.52. The Kier molecular flexibility index (Phi) is 6.52. The molecule has 31 heavy (non-hydrogen) atoms. The van der Waals surface area contributed by atoms with Gasteiger partial charge < -0.3 is 18.8 Å². The molecule has 2 aromatic rings. The predicted molar refractivity (Wildman–Crippen MR) is 113 cm³/mol. The van der Waals surface area contributed by atoms with Crippen LogP contribution in [0.25, 0.3) is 5.57 Å². The van der Waals surface area contributed by atoms with Crippen molar-refractivity contribution in [3.8, 4) is 5.75 Å². The van der Waals surface area contributed by atoms with Gasteiger partial charge in [-0.1, -0.05) is 23.4 Å².